The van der Waals surface area contributed by atoms with Crippen LogP contribution in [0.1, 0.15) is 0 Å². The molecule has 0 saturated carbocycles. The number of anilines is 3. The van der Waals surface area contributed by atoms with E-state index < -0.39 is 0 Å². The van der Waals surface area contributed by atoms with Crippen LogP contribution in [0.3, 0.4) is 0 Å². The van der Waals surface area contributed by atoms with Gasteiger partial charge in [0.05, 0.1) is 5.69 Å². The van der Waals surface area contributed by atoms with Crippen molar-refractivity contribution in [3.8, 4) is 44.5 Å². The Morgan fingerprint density at radius 2 is 0.726 bits per heavy atom. The van der Waals surface area contributed by atoms with Crippen LogP contribution in [-0.4, -0.2) is 0 Å². The van der Waals surface area contributed by atoms with Crippen molar-refractivity contribution in [3.05, 3.63) is 237 Å². The van der Waals surface area contributed by atoms with Gasteiger partial charge in [-0.2, -0.15) is 0 Å². The zero-order valence-electron chi connectivity index (χ0n) is 33.9. The van der Waals surface area contributed by atoms with E-state index >= 15 is 0 Å². The molecule has 2 heteroatoms. The van der Waals surface area contributed by atoms with Gasteiger partial charge in [0.1, 0.15) is 5.58 Å². The molecule has 0 saturated heterocycles. The van der Waals surface area contributed by atoms with Crippen molar-refractivity contribution in [1.29, 1.82) is 0 Å². The first-order valence-electron chi connectivity index (χ1n) is 21.3. The van der Waals surface area contributed by atoms with Crippen LogP contribution in [0.4, 0.5) is 17.1 Å². The molecule has 0 bridgehead atoms. The molecule has 2 nitrogen and oxygen atoms in total. The van der Waals surface area contributed by atoms with Gasteiger partial charge in [-0.1, -0.05) is 194 Å². The number of rotatable bonds is 7. The molecule has 0 N–H and O–H groups in total. The third-order valence-corrected chi connectivity index (χ3v) is 12.4. The van der Waals surface area contributed by atoms with E-state index in [0.717, 1.165) is 66.5 Å². The second kappa shape index (κ2) is 14.8. The first-order valence-corrected chi connectivity index (χ1v) is 21.3. The molecule has 290 valence electrons. The molecule has 0 aliphatic heterocycles. The van der Waals surface area contributed by atoms with Gasteiger partial charge in [0.15, 0.2) is 5.58 Å². The monoisotopic (exact) mass is 789 g/mol. The van der Waals surface area contributed by atoms with Gasteiger partial charge in [-0.15, -0.1) is 0 Å². The standard InChI is InChI=1S/C60H39NO/c1-4-17-40(18-5-1)44-24-14-26-47(37-44)61(56-32-16-31-53-54-36-33-41-19-10-11-28-49(41)59(54)62-60(53)56)48-27-15-25-45(38-48)46-34-35-51-50-29-12-13-30-52(50)57(42-20-6-2-7-21-42)58(55(51)39-46)43-22-8-3-9-23-43/h1-39H. The van der Waals surface area contributed by atoms with Crippen LogP contribution in [0.5, 0.6) is 0 Å². The fourth-order valence-corrected chi connectivity index (χ4v) is 9.57. The minimum absolute atomic E-state index is 0.855. The number of nitrogens with zero attached hydrogens (tertiary/aromatic N) is 1. The smallest absolute Gasteiger partial charge is 0.159 e. The predicted molar refractivity (Wildman–Crippen MR) is 263 cm³/mol. The van der Waals surface area contributed by atoms with Crippen LogP contribution in [0.15, 0.2) is 241 Å². The largest absolute Gasteiger partial charge is 0.453 e. The SMILES string of the molecule is c1ccc(-c2cccc(N(c3cccc(-c4ccc5c(c4)c(-c4ccccc4)c(-c4ccccc4)c4ccccc45)c3)c3cccc4c3oc3c5ccccc5ccc43)c2)cc1. The van der Waals surface area contributed by atoms with E-state index in [2.05, 4.69) is 241 Å². The summed E-state index contributed by atoms with van der Waals surface area (Å²) in [7, 11) is 0. The Kier molecular flexibility index (Phi) is 8.53. The van der Waals surface area contributed by atoms with Crippen molar-refractivity contribution in [2.45, 2.75) is 0 Å². The Morgan fingerprint density at radius 1 is 0.258 bits per heavy atom. The van der Waals surface area contributed by atoms with Crippen LogP contribution >= 0.6 is 0 Å². The molecule has 11 aromatic carbocycles. The summed E-state index contributed by atoms with van der Waals surface area (Å²) in [6.07, 6.45) is 0. The van der Waals surface area contributed by atoms with E-state index in [1.807, 2.05) is 0 Å². The fraction of sp³-hybridized carbons (Fsp3) is 0. The highest BCUT2D eigenvalue weighted by Gasteiger charge is 2.22. The number of hydrogen-bond donors (Lipinski definition) is 0. The summed E-state index contributed by atoms with van der Waals surface area (Å²) in [5.74, 6) is 0. The number of hydrogen-bond acceptors (Lipinski definition) is 2. The Bertz CT molecular complexity index is 3630. The third kappa shape index (κ3) is 5.96. The van der Waals surface area contributed by atoms with E-state index in [4.69, 9.17) is 4.42 Å². The van der Waals surface area contributed by atoms with E-state index in [0.29, 0.717) is 0 Å². The lowest BCUT2D eigenvalue weighted by Gasteiger charge is -2.26. The van der Waals surface area contributed by atoms with Gasteiger partial charge in [-0.05, 0) is 114 Å². The van der Waals surface area contributed by atoms with Crippen molar-refractivity contribution in [2.24, 2.45) is 0 Å². The molecule has 0 aliphatic carbocycles. The highest BCUT2D eigenvalue weighted by molar-refractivity contribution is 6.22. The maximum Gasteiger partial charge on any atom is 0.159 e. The lowest BCUT2D eigenvalue weighted by Crippen LogP contribution is -2.10. The first kappa shape index (κ1) is 35.7. The van der Waals surface area contributed by atoms with Crippen molar-refractivity contribution >= 4 is 71.3 Å². The average Bonchev–Trinajstić information content (AvgIpc) is 3.75. The second-order valence-electron chi connectivity index (χ2n) is 16.0. The van der Waals surface area contributed by atoms with Crippen LogP contribution in [0.2, 0.25) is 0 Å². The quantitative estimate of drug-likeness (QED) is 0.150. The second-order valence-corrected chi connectivity index (χ2v) is 16.0. The Labute approximate surface area is 360 Å². The van der Waals surface area contributed by atoms with Gasteiger partial charge in [0.2, 0.25) is 0 Å². The van der Waals surface area contributed by atoms with E-state index in [1.165, 1.54) is 49.4 Å². The van der Waals surface area contributed by atoms with Crippen molar-refractivity contribution in [1.82, 2.24) is 0 Å². The normalized spacial score (nSPS) is 11.5. The van der Waals surface area contributed by atoms with Crippen molar-refractivity contribution in [3.63, 3.8) is 0 Å². The van der Waals surface area contributed by atoms with Crippen molar-refractivity contribution in [2.75, 3.05) is 4.90 Å². The van der Waals surface area contributed by atoms with Gasteiger partial charge in [-0.25, -0.2) is 0 Å². The Balaban J connectivity index is 1.09. The molecule has 0 fully saturated rings. The zero-order valence-corrected chi connectivity index (χ0v) is 33.9. The van der Waals surface area contributed by atoms with Crippen LogP contribution < -0.4 is 4.90 Å². The molecule has 12 aromatic rings. The summed E-state index contributed by atoms with van der Waals surface area (Å²) >= 11 is 0. The molecule has 62 heavy (non-hydrogen) atoms. The summed E-state index contributed by atoms with van der Waals surface area (Å²) in [5.41, 5.74) is 14.3. The molecule has 0 unspecified atom stereocenters. The molecule has 1 heterocycles. The number of para-hydroxylation sites is 1. The maximum absolute atomic E-state index is 7.00. The number of furan rings is 1. The molecule has 0 amide bonds. The molecular formula is C60H39NO. The zero-order chi connectivity index (χ0) is 41.0. The minimum Gasteiger partial charge on any atom is -0.453 e. The van der Waals surface area contributed by atoms with Gasteiger partial charge >= 0.3 is 0 Å². The minimum atomic E-state index is 0.855. The Hall–Kier alpha value is -8.20. The highest BCUT2D eigenvalue weighted by Crippen LogP contribution is 2.47. The Morgan fingerprint density at radius 3 is 1.42 bits per heavy atom. The number of fused-ring (bicyclic) bond motifs is 8. The summed E-state index contributed by atoms with van der Waals surface area (Å²) < 4.78 is 7.00. The van der Waals surface area contributed by atoms with Gasteiger partial charge < -0.3 is 9.32 Å². The predicted octanol–water partition coefficient (Wildman–Crippen LogP) is 17.2. The molecule has 12 rings (SSSR count). The van der Waals surface area contributed by atoms with E-state index in [-0.39, 0.29) is 0 Å². The van der Waals surface area contributed by atoms with Crippen molar-refractivity contribution < 1.29 is 4.42 Å². The lowest BCUT2D eigenvalue weighted by atomic mass is 9.84. The molecule has 1 aromatic heterocycles. The van der Waals surface area contributed by atoms with Gasteiger partial charge in [0, 0.05) is 27.5 Å². The van der Waals surface area contributed by atoms with Crippen LogP contribution in [-0.2, 0) is 0 Å². The maximum atomic E-state index is 7.00. The lowest BCUT2D eigenvalue weighted by molar-refractivity contribution is 0.673. The molecular weight excluding hydrogens is 751 g/mol. The van der Waals surface area contributed by atoms with Crippen LogP contribution in [0, 0.1) is 0 Å². The van der Waals surface area contributed by atoms with E-state index in [9.17, 15) is 0 Å². The first-order chi connectivity index (χ1) is 30.8. The summed E-state index contributed by atoms with van der Waals surface area (Å²) in [5, 5.41) is 9.44. The molecule has 0 aliphatic rings. The topological polar surface area (TPSA) is 16.4 Å². The summed E-state index contributed by atoms with van der Waals surface area (Å²) in [6, 6.07) is 85.4. The molecule has 0 atom stereocenters. The summed E-state index contributed by atoms with van der Waals surface area (Å²) in [6.45, 7) is 0. The van der Waals surface area contributed by atoms with Gasteiger partial charge in [0.25, 0.3) is 0 Å². The molecule has 0 spiro atoms. The highest BCUT2D eigenvalue weighted by atomic mass is 16.3. The third-order valence-electron chi connectivity index (χ3n) is 12.4. The van der Waals surface area contributed by atoms with Gasteiger partial charge in [-0.3, -0.25) is 0 Å². The number of benzene rings is 11. The average molecular weight is 790 g/mol. The fourth-order valence-electron chi connectivity index (χ4n) is 9.57. The van der Waals surface area contributed by atoms with E-state index in [1.54, 1.807) is 0 Å². The summed E-state index contributed by atoms with van der Waals surface area (Å²) in [4.78, 5) is 2.36. The van der Waals surface area contributed by atoms with Crippen LogP contribution in [0.25, 0.3) is 98.8 Å². The molecule has 0 radical (unpaired) electrons.